The van der Waals surface area contributed by atoms with Crippen LogP contribution in [0.5, 0.6) is 0 Å². The van der Waals surface area contributed by atoms with Crippen LogP contribution in [0.2, 0.25) is 5.02 Å². The Morgan fingerprint density at radius 3 is 3.28 bits per heavy atom. The molecule has 1 aliphatic rings. The molecule has 0 spiro atoms. The molecule has 0 fully saturated rings. The molecule has 96 valence electrons. The van der Waals surface area contributed by atoms with Gasteiger partial charge in [-0.05, 0) is 24.8 Å². The van der Waals surface area contributed by atoms with Crippen LogP contribution in [0.1, 0.15) is 22.8 Å². The van der Waals surface area contributed by atoms with Crippen molar-refractivity contribution >= 4 is 22.9 Å². The first-order valence-corrected chi connectivity index (χ1v) is 7.46. The third kappa shape index (κ3) is 2.46. The summed E-state index contributed by atoms with van der Waals surface area (Å²) in [5, 5.41) is 6.51. The Morgan fingerprint density at radius 2 is 2.50 bits per heavy atom. The van der Waals surface area contributed by atoms with Crippen LogP contribution in [0.25, 0.3) is 0 Å². The van der Waals surface area contributed by atoms with Crippen molar-refractivity contribution in [1.82, 2.24) is 14.9 Å². The van der Waals surface area contributed by atoms with Gasteiger partial charge in [0.05, 0.1) is 10.7 Å². The summed E-state index contributed by atoms with van der Waals surface area (Å²) in [4.78, 5) is 5.75. The maximum atomic E-state index is 6.10. The van der Waals surface area contributed by atoms with Gasteiger partial charge < -0.3 is 9.88 Å². The second kappa shape index (κ2) is 5.03. The Balaban J connectivity index is 1.61. The molecule has 2 aromatic rings. The van der Waals surface area contributed by atoms with Gasteiger partial charge in [-0.25, -0.2) is 4.98 Å². The Bertz CT molecular complexity index is 546. The second-order valence-electron chi connectivity index (χ2n) is 4.76. The SMILES string of the molecule is Cc1cn2c(n1)CC[C@H](NCc1sccc1Cl)C2. The van der Waals surface area contributed by atoms with Gasteiger partial charge in [0.25, 0.3) is 0 Å². The minimum atomic E-state index is 0.518. The van der Waals surface area contributed by atoms with E-state index in [2.05, 4.69) is 28.0 Å². The normalized spacial score (nSPS) is 18.9. The van der Waals surface area contributed by atoms with Crippen molar-refractivity contribution in [2.24, 2.45) is 0 Å². The zero-order chi connectivity index (χ0) is 12.5. The molecule has 3 nitrogen and oxygen atoms in total. The molecule has 0 bridgehead atoms. The molecular weight excluding hydrogens is 266 g/mol. The van der Waals surface area contributed by atoms with Gasteiger partial charge in [0.2, 0.25) is 0 Å². The lowest BCUT2D eigenvalue weighted by Gasteiger charge is -2.24. The van der Waals surface area contributed by atoms with E-state index in [-0.39, 0.29) is 0 Å². The lowest BCUT2D eigenvalue weighted by Crippen LogP contribution is -2.36. The van der Waals surface area contributed by atoms with Crippen molar-refractivity contribution in [3.8, 4) is 0 Å². The lowest BCUT2D eigenvalue weighted by molar-refractivity contribution is 0.380. The highest BCUT2D eigenvalue weighted by Gasteiger charge is 2.19. The van der Waals surface area contributed by atoms with Crippen molar-refractivity contribution in [3.63, 3.8) is 0 Å². The summed E-state index contributed by atoms with van der Waals surface area (Å²) in [6.07, 6.45) is 4.35. The van der Waals surface area contributed by atoms with Crippen molar-refractivity contribution < 1.29 is 0 Å². The van der Waals surface area contributed by atoms with Crippen LogP contribution < -0.4 is 5.32 Å². The van der Waals surface area contributed by atoms with Gasteiger partial charge in [-0.2, -0.15) is 0 Å². The number of nitrogens with zero attached hydrogens (tertiary/aromatic N) is 2. The Hall–Kier alpha value is -0.840. The molecule has 0 unspecified atom stereocenters. The molecule has 1 atom stereocenters. The molecule has 0 aliphatic carbocycles. The monoisotopic (exact) mass is 281 g/mol. The summed E-state index contributed by atoms with van der Waals surface area (Å²) < 4.78 is 2.27. The Labute approximate surface area is 116 Å². The minimum Gasteiger partial charge on any atom is -0.333 e. The number of rotatable bonds is 3. The third-order valence-electron chi connectivity index (χ3n) is 3.36. The van der Waals surface area contributed by atoms with Gasteiger partial charge in [-0.3, -0.25) is 0 Å². The van der Waals surface area contributed by atoms with E-state index in [0.29, 0.717) is 6.04 Å². The van der Waals surface area contributed by atoms with E-state index >= 15 is 0 Å². The average Bonchev–Trinajstić information content (AvgIpc) is 2.90. The van der Waals surface area contributed by atoms with Crippen LogP contribution in [-0.4, -0.2) is 15.6 Å². The first kappa shape index (κ1) is 12.2. The standard InChI is InChI=1S/C13H16ClN3S/c1-9-7-17-8-10(2-3-13(17)16-9)15-6-12-11(14)4-5-18-12/h4-5,7,10,15H,2-3,6,8H2,1H3/t10-/m0/s1. The summed E-state index contributed by atoms with van der Waals surface area (Å²) in [6.45, 7) is 3.93. The molecule has 0 saturated carbocycles. The van der Waals surface area contributed by atoms with Crippen LogP contribution >= 0.6 is 22.9 Å². The third-order valence-corrected chi connectivity index (χ3v) is 4.74. The smallest absolute Gasteiger partial charge is 0.109 e. The van der Waals surface area contributed by atoms with E-state index in [9.17, 15) is 0 Å². The summed E-state index contributed by atoms with van der Waals surface area (Å²) in [5.74, 6) is 1.22. The molecule has 3 heterocycles. The fourth-order valence-corrected chi connectivity index (χ4v) is 3.50. The zero-order valence-corrected chi connectivity index (χ0v) is 11.9. The zero-order valence-electron chi connectivity index (χ0n) is 10.3. The predicted molar refractivity (Wildman–Crippen MR) is 75.2 cm³/mol. The molecule has 5 heteroatoms. The predicted octanol–water partition coefficient (Wildman–Crippen LogP) is 3.01. The molecule has 0 radical (unpaired) electrons. The first-order chi connectivity index (χ1) is 8.72. The van der Waals surface area contributed by atoms with Crippen molar-refractivity contribution in [2.45, 2.75) is 38.9 Å². The first-order valence-electron chi connectivity index (χ1n) is 6.20. The Morgan fingerprint density at radius 1 is 1.61 bits per heavy atom. The molecule has 1 aliphatic heterocycles. The fourth-order valence-electron chi connectivity index (χ4n) is 2.44. The maximum absolute atomic E-state index is 6.10. The largest absolute Gasteiger partial charge is 0.333 e. The number of hydrogen-bond acceptors (Lipinski definition) is 3. The van der Waals surface area contributed by atoms with Gasteiger partial charge in [-0.15, -0.1) is 11.3 Å². The van der Waals surface area contributed by atoms with E-state index in [1.165, 1.54) is 10.7 Å². The number of aromatic nitrogens is 2. The van der Waals surface area contributed by atoms with E-state index in [4.69, 9.17) is 11.6 Å². The average molecular weight is 282 g/mol. The fraction of sp³-hybridized carbons (Fsp3) is 0.462. The van der Waals surface area contributed by atoms with Crippen LogP contribution in [0, 0.1) is 6.92 Å². The Kier molecular flexibility index (Phi) is 3.41. The van der Waals surface area contributed by atoms with Crippen molar-refractivity contribution in [3.05, 3.63) is 39.1 Å². The van der Waals surface area contributed by atoms with Gasteiger partial charge >= 0.3 is 0 Å². The second-order valence-corrected chi connectivity index (χ2v) is 6.17. The van der Waals surface area contributed by atoms with Crippen LogP contribution in [0.15, 0.2) is 17.6 Å². The van der Waals surface area contributed by atoms with Gasteiger partial charge in [0.1, 0.15) is 5.82 Å². The number of fused-ring (bicyclic) bond motifs is 1. The number of imidazole rings is 1. The topological polar surface area (TPSA) is 29.9 Å². The van der Waals surface area contributed by atoms with Crippen molar-refractivity contribution in [1.29, 1.82) is 0 Å². The summed E-state index contributed by atoms with van der Waals surface area (Å²) in [7, 11) is 0. The molecule has 1 N–H and O–H groups in total. The lowest BCUT2D eigenvalue weighted by atomic mass is 10.1. The minimum absolute atomic E-state index is 0.518. The summed E-state index contributed by atoms with van der Waals surface area (Å²) in [5.41, 5.74) is 1.12. The number of nitrogens with one attached hydrogen (secondary N) is 1. The highest BCUT2D eigenvalue weighted by atomic mass is 35.5. The highest BCUT2D eigenvalue weighted by molar-refractivity contribution is 7.10. The van der Waals surface area contributed by atoms with E-state index in [1.807, 2.05) is 11.4 Å². The van der Waals surface area contributed by atoms with Crippen LogP contribution in [0.3, 0.4) is 0 Å². The molecule has 2 aromatic heterocycles. The van der Waals surface area contributed by atoms with E-state index in [0.717, 1.165) is 36.6 Å². The molecular formula is C13H16ClN3S. The molecule has 3 rings (SSSR count). The quantitative estimate of drug-likeness (QED) is 0.937. The number of aryl methyl sites for hydroxylation is 2. The highest BCUT2D eigenvalue weighted by Crippen LogP contribution is 2.22. The van der Waals surface area contributed by atoms with Crippen LogP contribution in [-0.2, 0) is 19.5 Å². The van der Waals surface area contributed by atoms with Gasteiger partial charge in [0, 0.05) is 36.6 Å². The van der Waals surface area contributed by atoms with E-state index in [1.54, 1.807) is 11.3 Å². The van der Waals surface area contributed by atoms with Gasteiger partial charge in [0.15, 0.2) is 0 Å². The molecule has 0 amide bonds. The van der Waals surface area contributed by atoms with E-state index < -0.39 is 0 Å². The van der Waals surface area contributed by atoms with Crippen LogP contribution in [0.4, 0.5) is 0 Å². The van der Waals surface area contributed by atoms with Gasteiger partial charge in [-0.1, -0.05) is 11.6 Å². The molecule has 0 saturated heterocycles. The summed E-state index contributed by atoms with van der Waals surface area (Å²) >= 11 is 7.81. The molecule has 0 aromatic carbocycles. The molecule has 18 heavy (non-hydrogen) atoms. The van der Waals surface area contributed by atoms with Crippen molar-refractivity contribution in [2.75, 3.05) is 0 Å². The number of hydrogen-bond donors (Lipinski definition) is 1. The number of halogens is 1. The maximum Gasteiger partial charge on any atom is 0.109 e. The number of thiophene rings is 1. The summed E-state index contributed by atoms with van der Waals surface area (Å²) in [6, 6.07) is 2.48.